The van der Waals surface area contributed by atoms with Crippen LogP contribution in [-0.2, 0) is 14.2 Å². The summed E-state index contributed by atoms with van der Waals surface area (Å²) in [6.45, 7) is 0.849. The maximum Gasteiger partial charge on any atom is 0.160 e. The van der Waals surface area contributed by atoms with Gasteiger partial charge in [-0.3, -0.25) is 0 Å². The molecule has 0 saturated carbocycles. The molecule has 3 rings (SSSR count). The number of hydrogen-bond donors (Lipinski definition) is 0. The Morgan fingerprint density at radius 2 is 2.10 bits per heavy atom. The average molecular weight is 142 g/mol. The second-order valence-corrected chi connectivity index (χ2v) is 3.14. The molecule has 0 radical (unpaired) electrons. The van der Waals surface area contributed by atoms with Crippen LogP contribution in [0.5, 0.6) is 0 Å². The molecule has 56 valence electrons. The maximum absolute atomic E-state index is 5.53. The summed E-state index contributed by atoms with van der Waals surface area (Å²) in [4.78, 5) is 0. The lowest BCUT2D eigenvalue weighted by molar-refractivity contribution is -0.225. The first-order valence-corrected chi connectivity index (χ1v) is 3.86. The van der Waals surface area contributed by atoms with Crippen LogP contribution in [-0.4, -0.2) is 31.2 Å². The minimum absolute atomic E-state index is 0.0440. The molecule has 0 N–H and O–H groups in total. The van der Waals surface area contributed by atoms with Crippen molar-refractivity contribution in [3.63, 3.8) is 0 Å². The third kappa shape index (κ3) is 0.654. The van der Waals surface area contributed by atoms with E-state index in [2.05, 4.69) is 0 Å². The van der Waals surface area contributed by atoms with Crippen molar-refractivity contribution in [1.82, 2.24) is 0 Å². The Kier molecular flexibility index (Phi) is 0.952. The van der Waals surface area contributed by atoms with Crippen LogP contribution in [0.15, 0.2) is 0 Å². The van der Waals surface area contributed by atoms with Crippen molar-refractivity contribution in [2.75, 3.05) is 6.61 Å². The van der Waals surface area contributed by atoms with Crippen molar-refractivity contribution < 1.29 is 14.2 Å². The second-order valence-electron chi connectivity index (χ2n) is 3.14. The van der Waals surface area contributed by atoms with Crippen LogP contribution in [0, 0.1) is 0 Å². The molecule has 3 aliphatic rings. The third-order valence-corrected chi connectivity index (χ3v) is 2.45. The van der Waals surface area contributed by atoms with Crippen LogP contribution in [0.4, 0.5) is 0 Å². The first-order valence-electron chi connectivity index (χ1n) is 3.86. The van der Waals surface area contributed by atoms with Crippen molar-refractivity contribution in [2.24, 2.45) is 0 Å². The summed E-state index contributed by atoms with van der Waals surface area (Å²) < 4.78 is 16.3. The predicted molar refractivity (Wildman–Crippen MR) is 32.5 cm³/mol. The van der Waals surface area contributed by atoms with Gasteiger partial charge in [0.2, 0.25) is 0 Å². The summed E-state index contributed by atoms with van der Waals surface area (Å²) in [5.74, 6) is 0. The summed E-state index contributed by atoms with van der Waals surface area (Å²) >= 11 is 0. The van der Waals surface area contributed by atoms with Gasteiger partial charge in [0.1, 0.15) is 6.10 Å². The van der Waals surface area contributed by atoms with Gasteiger partial charge in [0.05, 0.1) is 18.8 Å². The molecule has 3 saturated heterocycles. The molecular weight excluding hydrogens is 132 g/mol. The molecular formula is C7H10O3. The summed E-state index contributed by atoms with van der Waals surface area (Å²) in [5.41, 5.74) is 0. The Morgan fingerprint density at radius 3 is 3.10 bits per heavy atom. The van der Waals surface area contributed by atoms with Crippen molar-refractivity contribution in [2.45, 2.75) is 37.4 Å². The van der Waals surface area contributed by atoms with E-state index in [9.17, 15) is 0 Å². The normalized spacial score (nSPS) is 57.6. The van der Waals surface area contributed by atoms with Gasteiger partial charge in [-0.15, -0.1) is 0 Å². The van der Waals surface area contributed by atoms with Crippen LogP contribution >= 0.6 is 0 Å². The van der Waals surface area contributed by atoms with Crippen molar-refractivity contribution in [3.8, 4) is 0 Å². The monoisotopic (exact) mass is 142 g/mol. The van der Waals surface area contributed by atoms with Crippen LogP contribution in [0.3, 0.4) is 0 Å². The highest BCUT2D eigenvalue weighted by atomic mass is 16.7. The molecule has 3 heteroatoms. The molecule has 3 aliphatic heterocycles. The largest absolute Gasteiger partial charge is 0.367 e. The Hall–Kier alpha value is -0.120. The van der Waals surface area contributed by atoms with E-state index in [1.807, 2.05) is 0 Å². The minimum atomic E-state index is 0.0440. The smallest absolute Gasteiger partial charge is 0.160 e. The molecule has 0 spiro atoms. The van der Waals surface area contributed by atoms with Crippen LogP contribution in [0.2, 0.25) is 0 Å². The Morgan fingerprint density at radius 1 is 1.10 bits per heavy atom. The Balaban J connectivity index is 1.82. The molecule has 3 fully saturated rings. The second kappa shape index (κ2) is 1.72. The van der Waals surface area contributed by atoms with Gasteiger partial charge in [-0.2, -0.15) is 0 Å². The fourth-order valence-electron chi connectivity index (χ4n) is 1.85. The lowest BCUT2D eigenvalue weighted by Gasteiger charge is -2.32. The standard InChI is InChI=1S/C7H10O3/c1-2-8-6-3-5-7(10-5)4(1)9-6/h4-7H,1-3H2/t4-,5-,6+,7-/m1/s1. The number of hydrogen-bond acceptors (Lipinski definition) is 3. The van der Waals surface area contributed by atoms with Crippen molar-refractivity contribution in [3.05, 3.63) is 0 Å². The molecule has 0 aromatic carbocycles. The summed E-state index contributed by atoms with van der Waals surface area (Å²) in [6.07, 6.45) is 3.22. The Labute approximate surface area is 59.3 Å². The highest BCUT2D eigenvalue weighted by Gasteiger charge is 2.53. The van der Waals surface area contributed by atoms with E-state index in [1.165, 1.54) is 0 Å². The molecule has 3 heterocycles. The van der Waals surface area contributed by atoms with E-state index in [0.29, 0.717) is 18.3 Å². The van der Waals surface area contributed by atoms with Gasteiger partial charge in [0.15, 0.2) is 6.29 Å². The minimum Gasteiger partial charge on any atom is -0.367 e. The lowest BCUT2D eigenvalue weighted by Crippen LogP contribution is -2.40. The van der Waals surface area contributed by atoms with E-state index < -0.39 is 0 Å². The number of fused-ring (bicyclic) bond motifs is 4. The zero-order valence-corrected chi connectivity index (χ0v) is 5.66. The maximum atomic E-state index is 5.53. The van der Waals surface area contributed by atoms with Gasteiger partial charge in [0.25, 0.3) is 0 Å². The van der Waals surface area contributed by atoms with Crippen molar-refractivity contribution in [1.29, 1.82) is 0 Å². The fraction of sp³-hybridized carbons (Fsp3) is 1.00. The molecule has 0 aromatic heterocycles. The van der Waals surface area contributed by atoms with Gasteiger partial charge >= 0.3 is 0 Å². The molecule has 4 atom stereocenters. The molecule has 0 aromatic rings. The van der Waals surface area contributed by atoms with Gasteiger partial charge in [0, 0.05) is 6.42 Å². The van der Waals surface area contributed by atoms with E-state index in [1.54, 1.807) is 0 Å². The fourth-order valence-corrected chi connectivity index (χ4v) is 1.85. The highest BCUT2D eigenvalue weighted by Crippen LogP contribution is 2.40. The predicted octanol–water partition coefficient (Wildman–Crippen LogP) is 0.289. The highest BCUT2D eigenvalue weighted by molar-refractivity contribution is 4.97. The van der Waals surface area contributed by atoms with Crippen LogP contribution in [0.25, 0.3) is 0 Å². The molecule has 0 unspecified atom stereocenters. The average Bonchev–Trinajstić information content (AvgIpc) is 2.68. The third-order valence-electron chi connectivity index (χ3n) is 2.45. The quantitative estimate of drug-likeness (QED) is 0.455. The topological polar surface area (TPSA) is 31.0 Å². The lowest BCUT2D eigenvalue weighted by atomic mass is 10.0. The van der Waals surface area contributed by atoms with E-state index in [4.69, 9.17) is 14.2 Å². The summed E-state index contributed by atoms with van der Waals surface area (Å²) in [6, 6.07) is 0. The Bertz CT molecular complexity index is 159. The molecule has 3 nitrogen and oxygen atoms in total. The van der Waals surface area contributed by atoms with Gasteiger partial charge in [-0.05, 0) is 6.42 Å². The zero-order valence-electron chi connectivity index (χ0n) is 5.66. The molecule has 10 heavy (non-hydrogen) atoms. The van der Waals surface area contributed by atoms with Crippen molar-refractivity contribution >= 4 is 0 Å². The van der Waals surface area contributed by atoms with Gasteiger partial charge in [-0.25, -0.2) is 0 Å². The van der Waals surface area contributed by atoms with Crippen LogP contribution < -0.4 is 0 Å². The number of ether oxygens (including phenoxy) is 3. The van der Waals surface area contributed by atoms with Gasteiger partial charge in [-0.1, -0.05) is 0 Å². The van der Waals surface area contributed by atoms with E-state index in [-0.39, 0.29) is 6.29 Å². The summed E-state index contributed by atoms with van der Waals surface area (Å²) in [7, 11) is 0. The van der Waals surface area contributed by atoms with E-state index in [0.717, 1.165) is 19.4 Å². The molecule has 0 aliphatic carbocycles. The SMILES string of the molecule is C1C[C@H]2O[C@@H](C[C@H]3O[C@H]23)O1. The number of epoxide rings is 1. The summed E-state index contributed by atoms with van der Waals surface area (Å²) in [5, 5.41) is 0. The first-order chi connectivity index (χ1) is 4.93. The molecule has 0 amide bonds. The molecule has 2 bridgehead atoms. The zero-order chi connectivity index (χ0) is 6.55. The van der Waals surface area contributed by atoms with Gasteiger partial charge < -0.3 is 14.2 Å². The van der Waals surface area contributed by atoms with Crippen LogP contribution in [0.1, 0.15) is 12.8 Å². The van der Waals surface area contributed by atoms with E-state index >= 15 is 0 Å². The first kappa shape index (κ1) is 5.52. The number of rotatable bonds is 0.